The Morgan fingerprint density at radius 2 is 2.28 bits per heavy atom. The number of nitrogens with one attached hydrogen (secondary N) is 1. The Bertz CT molecular complexity index is 496. The van der Waals surface area contributed by atoms with Crippen molar-refractivity contribution < 1.29 is 0 Å². The number of aromatic nitrogens is 3. The summed E-state index contributed by atoms with van der Waals surface area (Å²) in [6, 6.07) is 6.66. The lowest BCUT2D eigenvalue weighted by Crippen LogP contribution is -2.19. The van der Waals surface area contributed by atoms with Crippen LogP contribution < -0.4 is 5.32 Å². The summed E-state index contributed by atoms with van der Waals surface area (Å²) in [5.74, 6) is 0. The van der Waals surface area contributed by atoms with Crippen molar-refractivity contribution in [2.24, 2.45) is 0 Å². The predicted octanol–water partition coefficient (Wildman–Crippen LogP) is 3.09. The lowest BCUT2D eigenvalue weighted by molar-refractivity contribution is 0.570. The third-order valence-corrected chi connectivity index (χ3v) is 3.47. The molecule has 1 heterocycles. The molecule has 2 aromatic rings. The molecule has 0 aliphatic carbocycles. The maximum absolute atomic E-state index is 4.13. The lowest BCUT2D eigenvalue weighted by atomic mass is 10.1. The van der Waals surface area contributed by atoms with Gasteiger partial charge in [0.2, 0.25) is 0 Å². The van der Waals surface area contributed by atoms with Gasteiger partial charge in [-0.2, -0.15) is 5.10 Å². The summed E-state index contributed by atoms with van der Waals surface area (Å²) < 4.78 is 2.77. The first-order chi connectivity index (χ1) is 8.72. The van der Waals surface area contributed by atoms with Crippen molar-refractivity contribution in [3.05, 3.63) is 40.9 Å². The van der Waals surface area contributed by atoms with E-state index in [4.69, 9.17) is 0 Å². The molecule has 1 aromatic carbocycles. The Labute approximate surface area is 116 Å². The molecule has 96 valence electrons. The molecule has 0 aliphatic rings. The Balaban J connectivity index is 2.20. The van der Waals surface area contributed by atoms with E-state index in [-0.39, 0.29) is 0 Å². The van der Waals surface area contributed by atoms with Crippen molar-refractivity contribution in [3.8, 4) is 5.69 Å². The Morgan fingerprint density at radius 1 is 1.44 bits per heavy atom. The van der Waals surface area contributed by atoms with Crippen LogP contribution in [0.2, 0.25) is 0 Å². The van der Waals surface area contributed by atoms with Gasteiger partial charge in [0.1, 0.15) is 12.7 Å². The zero-order valence-electron chi connectivity index (χ0n) is 10.6. The highest BCUT2D eigenvalue weighted by Gasteiger charge is 2.08. The zero-order valence-corrected chi connectivity index (χ0v) is 12.2. The molecule has 1 atom stereocenters. The molecule has 2 rings (SSSR count). The Morgan fingerprint density at radius 3 is 2.89 bits per heavy atom. The minimum Gasteiger partial charge on any atom is -0.310 e. The van der Waals surface area contributed by atoms with Gasteiger partial charge in [0.05, 0.1) is 5.69 Å². The van der Waals surface area contributed by atoms with Crippen molar-refractivity contribution in [2.75, 3.05) is 6.54 Å². The van der Waals surface area contributed by atoms with Gasteiger partial charge in [0.15, 0.2) is 0 Å². The molecule has 1 aromatic heterocycles. The maximum atomic E-state index is 4.13. The SMILES string of the molecule is CCCNC(C)c1ccc(-n2cncn2)c(Br)c1. The van der Waals surface area contributed by atoms with E-state index in [2.05, 4.69) is 63.4 Å². The summed E-state index contributed by atoms with van der Waals surface area (Å²) in [5.41, 5.74) is 2.26. The second-order valence-corrected chi connectivity index (χ2v) is 5.08. The summed E-state index contributed by atoms with van der Waals surface area (Å²) in [6.45, 7) is 5.37. The van der Waals surface area contributed by atoms with Crippen LogP contribution in [0.5, 0.6) is 0 Å². The highest BCUT2D eigenvalue weighted by molar-refractivity contribution is 9.10. The van der Waals surface area contributed by atoms with Crippen LogP contribution in [0.3, 0.4) is 0 Å². The molecule has 5 heteroatoms. The summed E-state index contributed by atoms with van der Waals surface area (Å²) >= 11 is 3.59. The Kier molecular flexibility index (Phi) is 4.49. The molecule has 0 aliphatic heterocycles. The van der Waals surface area contributed by atoms with Gasteiger partial charge in [0.25, 0.3) is 0 Å². The highest BCUT2D eigenvalue weighted by atomic mass is 79.9. The first-order valence-electron chi connectivity index (χ1n) is 6.10. The van der Waals surface area contributed by atoms with Gasteiger partial charge >= 0.3 is 0 Å². The van der Waals surface area contributed by atoms with E-state index < -0.39 is 0 Å². The largest absolute Gasteiger partial charge is 0.310 e. The molecular formula is C13H17BrN4. The molecule has 18 heavy (non-hydrogen) atoms. The number of rotatable bonds is 5. The van der Waals surface area contributed by atoms with Crippen LogP contribution in [0.25, 0.3) is 5.69 Å². The fraction of sp³-hybridized carbons (Fsp3) is 0.385. The maximum Gasteiger partial charge on any atom is 0.138 e. The average Bonchev–Trinajstić information content (AvgIpc) is 2.89. The molecule has 0 radical (unpaired) electrons. The highest BCUT2D eigenvalue weighted by Crippen LogP contribution is 2.24. The van der Waals surface area contributed by atoms with E-state index in [1.54, 1.807) is 11.0 Å². The van der Waals surface area contributed by atoms with Crippen molar-refractivity contribution in [1.29, 1.82) is 0 Å². The molecule has 0 spiro atoms. The van der Waals surface area contributed by atoms with E-state index in [0.717, 1.165) is 23.1 Å². The van der Waals surface area contributed by atoms with E-state index in [1.807, 2.05) is 0 Å². The molecular weight excluding hydrogens is 292 g/mol. The van der Waals surface area contributed by atoms with Crippen LogP contribution in [0.4, 0.5) is 0 Å². The van der Waals surface area contributed by atoms with Crippen molar-refractivity contribution in [2.45, 2.75) is 26.3 Å². The minimum absolute atomic E-state index is 0.353. The number of nitrogens with zero attached hydrogens (tertiary/aromatic N) is 3. The van der Waals surface area contributed by atoms with E-state index in [0.29, 0.717) is 6.04 Å². The van der Waals surface area contributed by atoms with Gasteiger partial charge in [0, 0.05) is 10.5 Å². The quantitative estimate of drug-likeness (QED) is 0.923. The van der Waals surface area contributed by atoms with Gasteiger partial charge in [-0.3, -0.25) is 0 Å². The second-order valence-electron chi connectivity index (χ2n) is 4.23. The number of hydrogen-bond donors (Lipinski definition) is 1. The molecule has 1 N–H and O–H groups in total. The molecule has 0 fully saturated rings. The van der Waals surface area contributed by atoms with E-state index in [9.17, 15) is 0 Å². The summed E-state index contributed by atoms with van der Waals surface area (Å²) in [4.78, 5) is 3.96. The van der Waals surface area contributed by atoms with Crippen LogP contribution in [0, 0.1) is 0 Å². The van der Waals surface area contributed by atoms with Gasteiger partial charge in [-0.25, -0.2) is 9.67 Å². The smallest absolute Gasteiger partial charge is 0.138 e. The summed E-state index contributed by atoms with van der Waals surface area (Å²) in [7, 11) is 0. The van der Waals surface area contributed by atoms with Gasteiger partial charge < -0.3 is 5.32 Å². The minimum atomic E-state index is 0.353. The molecule has 4 nitrogen and oxygen atoms in total. The van der Waals surface area contributed by atoms with Crippen LogP contribution in [-0.4, -0.2) is 21.3 Å². The topological polar surface area (TPSA) is 42.7 Å². The average molecular weight is 309 g/mol. The van der Waals surface area contributed by atoms with Gasteiger partial charge in [-0.1, -0.05) is 13.0 Å². The molecule has 0 amide bonds. The standard InChI is InChI=1S/C13H17BrN4/c1-3-6-16-10(2)11-4-5-13(12(14)7-11)18-9-15-8-17-18/h4-5,7-10,16H,3,6H2,1-2H3. The van der Waals surface area contributed by atoms with Crippen molar-refractivity contribution in [1.82, 2.24) is 20.1 Å². The molecule has 0 saturated carbocycles. The van der Waals surface area contributed by atoms with E-state index in [1.165, 1.54) is 11.9 Å². The van der Waals surface area contributed by atoms with Crippen LogP contribution in [0.1, 0.15) is 31.9 Å². The number of hydrogen-bond acceptors (Lipinski definition) is 3. The summed E-state index contributed by atoms with van der Waals surface area (Å²) in [5, 5.41) is 7.61. The Hall–Kier alpha value is -1.20. The molecule has 1 unspecified atom stereocenters. The molecule has 0 saturated heterocycles. The van der Waals surface area contributed by atoms with Crippen LogP contribution in [0.15, 0.2) is 35.3 Å². The zero-order chi connectivity index (χ0) is 13.0. The fourth-order valence-electron chi connectivity index (χ4n) is 1.79. The number of benzene rings is 1. The molecule has 0 bridgehead atoms. The van der Waals surface area contributed by atoms with Gasteiger partial charge in [-0.15, -0.1) is 0 Å². The van der Waals surface area contributed by atoms with Crippen molar-refractivity contribution in [3.63, 3.8) is 0 Å². The van der Waals surface area contributed by atoms with Crippen LogP contribution >= 0.6 is 15.9 Å². The third kappa shape index (κ3) is 2.97. The first-order valence-corrected chi connectivity index (χ1v) is 6.89. The third-order valence-electron chi connectivity index (χ3n) is 2.84. The summed E-state index contributed by atoms with van der Waals surface area (Å²) in [6.07, 6.45) is 4.37. The van der Waals surface area contributed by atoms with Crippen molar-refractivity contribution >= 4 is 15.9 Å². The van der Waals surface area contributed by atoms with Gasteiger partial charge in [-0.05, 0) is 53.5 Å². The van der Waals surface area contributed by atoms with E-state index >= 15 is 0 Å². The van der Waals surface area contributed by atoms with Crippen LogP contribution in [-0.2, 0) is 0 Å². The predicted molar refractivity (Wildman–Crippen MR) is 75.8 cm³/mol. The normalized spacial score (nSPS) is 12.6. The first kappa shape index (κ1) is 13.2. The lowest BCUT2D eigenvalue weighted by Gasteiger charge is -2.15. The fourth-order valence-corrected chi connectivity index (χ4v) is 2.37. The second kappa shape index (κ2) is 6.11. The monoisotopic (exact) mass is 308 g/mol. The number of halogens is 1.